The molecule has 0 aromatic heterocycles. The SMILES string of the molecule is CCN1/C(=C/C=C2\CCCC(/C=C/C3=[N+](CC)c4ccccc4C3(C)C)=C2OC)C(C)(C)c2ccccc21.[O-][Cl+3]([O-])([O-])[O-]. The van der Waals surface area contributed by atoms with Crippen molar-refractivity contribution < 1.29 is 38.2 Å². The van der Waals surface area contributed by atoms with E-state index in [-0.39, 0.29) is 10.8 Å². The van der Waals surface area contributed by atoms with E-state index in [0.29, 0.717) is 0 Å². The summed E-state index contributed by atoms with van der Waals surface area (Å²) in [5.74, 6) is 1.04. The predicted molar refractivity (Wildman–Crippen MR) is 161 cm³/mol. The van der Waals surface area contributed by atoms with Crippen LogP contribution in [0.3, 0.4) is 0 Å². The van der Waals surface area contributed by atoms with Gasteiger partial charge in [0.1, 0.15) is 12.3 Å². The normalized spacial score (nSPS) is 21.0. The van der Waals surface area contributed by atoms with Crippen LogP contribution in [0.25, 0.3) is 0 Å². The number of benzene rings is 2. The molecule has 1 aliphatic carbocycles. The molecule has 2 aromatic carbocycles. The molecule has 0 fully saturated rings. The van der Waals surface area contributed by atoms with Gasteiger partial charge in [-0.25, -0.2) is 18.6 Å². The highest BCUT2D eigenvalue weighted by Gasteiger charge is 2.43. The van der Waals surface area contributed by atoms with Crippen LogP contribution < -0.4 is 23.5 Å². The third-order valence-electron chi connectivity index (χ3n) is 8.80. The zero-order valence-electron chi connectivity index (χ0n) is 26.3. The van der Waals surface area contributed by atoms with Crippen LogP contribution in [0.4, 0.5) is 11.4 Å². The largest absolute Gasteiger partial charge is 0.496 e. The molecule has 0 N–H and O–H groups in total. The van der Waals surface area contributed by atoms with Crippen molar-refractivity contribution in [3.8, 4) is 0 Å². The van der Waals surface area contributed by atoms with Gasteiger partial charge in [0.15, 0.2) is 5.71 Å². The molecule has 0 spiro atoms. The van der Waals surface area contributed by atoms with Crippen molar-refractivity contribution in [3.05, 3.63) is 107 Å². The monoisotopic (exact) mass is 606 g/mol. The van der Waals surface area contributed by atoms with Crippen molar-refractivity contribution in [3.63, 3.8) is 0 Å². The fraction of sp³-hybridized carbons (Fsp3) is 0.400. The molecule has 0 bridgehead atoms. The summed E-state index contributed by atoms with van der Waals surface area (Å²) in [7, 11) is -3.12. The zero-order chi connectivity index (χ0) is 31.6. The van der Waals surface area contributed by atoms with Crippen LogP contribution in [-0.2, 0) is 15.6 Å². The van der Waals surface area contributed by atoms with Gasteiger partial charge in [-0.05, 0) is 81.9 Å². The summed E-state index contributed by atoms with van der Waals surface area (Å²) in [6.45, 7) is 15.8. The van der Waals surface area contributed by atoms with Crippen molar-refractivity contribution in [1.82, 2.24) is 0 Å². The topological polar surface area (TPSA) is 108 Å². The number of likely N-dealkylation sites (N-methyl/N-ethyl adjacent to an activating group) is 1. The van der Waals surface area contributed by atoms with Crippen LogP contribution in [0.15, 0.2) is 95.4 Å². The van der Waals surface area contributed by atoms with E-state index in [1.54, 1.807) is 0 Å². The molecule has 0 radical (unpaired) electrons. The number of rotatable bonds is 6. The van der Waals surface area contributed by atoms with Crippen LogP contribution in [-0.4, -0.2) is 30.5 Å². The molecular weight excluding hydrogens is 564 g/mol. The maximum atomic E-state index is 8.49. The zero-order valence-corrected chi connectivity index (χ0v) is 27.0. The van der Waals surface area contributed by atoms with Gasteiger partial charge in [0, 0.05) is 41.1 Å². The Labute approximate surface area is 258 Å². The Bertz CT molecular complexity index is 1500. The van der Waals surface area contributed by atoms with E-state index < -0.39 is 10.2 Å². The van der Waals surface area contributed by atoms with Gasteiger partial charge in [-0.2, -0.15) is 4.58 Å². The molecule has 0 unspecified atom stereocenters. The minimum absolute atomic E-state index is 0.0265. The molecule has 2 aliphatic heterocycles. The second-order valence-electron chi connectivity index (χ2n) is 12.0. The summed E-state index contributed by atoms with van der Waals surface area (Å²) in [5, 5.41) is 0. The lowest BCUT2D eigenvalue weighted by Crippen LogP contribution is -2.68. The first-order chi connectivity index (χ1) is 20.2. The van der Waals surface area contributed by atoms with Gasteiger partial charge < -0.3 is 9.64 Å². The third-order valence-corrected chi connectivity index (χ3v) is 8.80. The number of anilines is 1. The predicted octanol–water partition coefficient (Wildman–Crippen LogP) is 3.60. The number of nitrogens with zero attached hydrogens (tertiary/aromatic N) is 2. The van der Waals surface area contributed by atoms with Gasteiger partial charge in [0.05, 0.1) is 12.5 Å². The first-order valence-corrected chi connectivity index (χ1v) is 16.1. The number of ether oxygens (including phenoxy) is 1. The summed E-state index contributed by atoms with van der Waals surface area (Å²) in [5.41, 5.74) is 10.7. The maximum absolute atomic E-state index is 8.49. The molecule has 0 saturated heterocycles. The van der Waals surface area contributed by atoms with Crippen molar-refractivity contribution in [2.75, 3.05) is 25.1 Å². The number of methoxy groups -OCH3 is 1. The Morgan fingerprint density at radius 1 is 0.860 bits per heavy atom. The first kappa shape index (κ1) is 32.7. The van der Waals surface area contributed by atoms with Gasteiger partial charge in [-0.1, -0.05) is 56.3 Å². The molecule has 3 aliphatic rings. The molecule has 5 rings (SSSR count). The first-order valence-electron chi connectivity index (χ1n) is 14.9. The van der Waals surface area contributed by atoms with Gasteiger partial charge in [0.25, 0.3) is 0 Å². The summed E-state index contributed by atoms with van der Waals surface area (Å²) >= 11 is 0. The molecule has 230 valence electrons. The summed E-state index contributed by atoms with van der Waals surface area (Å²) in [4.78, 5) is 2.46. The van der Waals surface area contributed by atoms with Crippen LogP contribution in [0.2, 0.25) is 0 Å². The van der Waals surface area contributed by atoms with Gasteiger partial charge in [0.2, 0.25) is 5.69 Å². The highest BCUT2D eigenvalue weighted by molar-refractivity contribution is 6.03. The lowest BCUT2D eigenvalue weighted by atomic mass is 9.81. The molecule has 0 amide bonds. The summed E-state index contributed by atoms with van der Waals surface area (Å²) < 4.78 is 42.5. The van der Waals surface area contributed by atoms with E-state index in [2.05, 4.69) is 124 Å². The fourth-order valence-electron chi connectivity index (χ4n) is 6.81. The quantitative estimate of drug-likeness (QED) is 0.465. The highest BCUT2D eigenvalue weighted by atomic mass is 35.7. The van der Waals surface area contributed by atoms with E-state index >= 15 is 0 Å². The maximum Gasteiger partial charge on any atom is 0.209 e. The second-order valence-corrected chi connectivity index (χ2v) is 12.8. The van der Waals surface area contributed by atoms with Crippen molar-refractivity contribution in [2.45, 2.75) is 71.6 Å². The van der Waals surface area contributed by atoms with E-state index in [4.69, 9.17) is 23.4 Å². The fourth-order valence-corrected chi connectivity index (χ4v) is 6.81. The number of fused-ring (bicyclic) bond motifs is 2. The molecule has 7 nitrogen and oxygen atoms in total. The molecular formula is C35H43ClN2O5. The van der Waals surface area contributed by atoms with E-state index in [0.717, 1.165) is 38.1 Å². The Hall–Kier alpha value is -3.20. The second kappa shape index (κ2) is 12.8. The van der Waals surface area contributed by atoms with Crippen LogP contribution in [0, 0.1) is 10.2 Å². The third kappa shape index (κ3) is 6.66. The van der Waals surface area contributed by atoms with E-state index in [1.165, 1.54) is 45.1 Å². The van der Waals surface area contributed by atoms with Crippen molar-refractivity contribution in [1.29, 1.82) is 0 Å². The molecule has 0 saturated carbocycles. The van der Waals surface area contributed by atoms with E-state index in [9.17, 15) is 0 Å². The Morgan fingerprint density at radius 3 is 2.12 bits per heavy atom. The standard InChI is InChI=1S/C35H43N2O.ClHO4/c1-8-36-29-19-12-10-17-27(29)34(3,4)31(36)23-21-25-15-14-16-26(33(25)38-7)22-24-32-35(5,6)28-18-11-13-20-30(28)37(32)9-2;2-1(3,4)5/h10-13,17-24H,8-9,14-16H2,1-7H3;(H,2,3,4,5)/q+1;/p-1. The smallest absolute Gasteiger partial charge is 0.209 e. The Kier molecular flexibility index (Phi) is 9.74. The molecule has 8 heteroatoms. The molecule has 2 heterocycles. The minimum atomic E-state index is -4.94. The van der Waals surface area contributed by atoms with Gasteiger partial charge in [-0.3, -0.25) is 0 Å². The van der Waals surface area contributed by atoms with Crippen LogP contribution in [0.1, 0.15) is 71.9 Å². The lowest BCUT2D eigenvalue weighted by molar-refractivity contribution is -2.00. The Balaban J connectivity index is 0.000000782. The summed E-state index contributed by atoms with van der Waals surface area (Å²) in [6, 6.07) is 17.6. The van der Waals surface area contributed by atoms with Crippen LogP contribution in [0.5, 0.6) is 0 Å². The van der Waals surface area contributed by atoms with Crippen molar-refractivity contribution >= 4 is 17.1 Å². The van der Waals surface area contributed by atoms with Gasteiger partial charge in [-0.15, -0.1) is 10.2 Å². The number of hydrogen-bond donors (Lipinski definition) is 0. The number of hydrogen-bond acceptors (Lipinski definition) is 6. The Morgan fingerprint density at radius 2 is 1.49 bits per heavy atom. The lowest BCUT2D eigenvalue weighted by Gasteiger charge is -2.26. The number of para-hydroxylation sites is 2. The average molecular weight is 607 g/mol. The van der Waals surface area contributed by atoms with Gasteiger partial charge >= 0.3 is 0 Å². The number of halogens is 1. The van der Waals surface area contributed by atoms with E-state index in [1.807, 2.05) is 7.11 Å². The van der Waals surface area contributed by atoms with Crippen LogP contribution >= 0.6 is 0 Å². The summed E-state index contributed by atoms with van der Waals surface area (Å²) in [6.07, 6.45) is 12.5. The molecule has 43 heavy (non-hydrogen) atoms. The molecule has 2 aromatic rings. The minimum Gasteiger partial charge on any atom is -0.496 e. The highest BCUT2D eigenvalue weighted by Crippen LogP contribution is 2.47. The van der Waals surface area contributed by atoms with Crippen molar-refractivity contribution in [2.24, 2.45) is 0 Å². The molecule has 0 atom stereocenters. The average Bonchev–Trinajstić information content (AvgIpc) is 3.32. The number of allylic oxidation sites excluding steroid dienone is 7.